The van der Waals surface area contributed by atoms with Gasteiger partial charge in [0.05, 0.1) is 26.7 Å². The van der Waals surface area contributed by atoms with E-state index in [0.29, 0.717) is 29.5 Å². The van der Waals surface area contributed by atoms with Crippen LogP contribution in [0.2, 0.25) is 0 Å². The first kappa shape index (κ1) is 18.9. The largest absolute Gasteiger partial charge is 0.469 e. The number of esters is 2. The SMILES string of the molecule is COC(=O)c1cc(-c2nnn(C[C@H]3CC[C@H](C(=O)OC)CC3)n2)cc(C)n1. The lowest BCUT2D eigenvalue weighted by molar-refractivity contribution is -0.146. The maximum atomic E-state index is 11.7. The van der Waals surface area contributed by atoms with E-state index in [1.54, 1.807) is 23.9 Å². The van der Waals surface area contributed by atoms with Crippen LogP contribution >= 0.6 is 0 Å². The minimum Gasteiger partial charge on any atom is -0.469 e. The van der Waals surface area contributed by atoms with E-state index in [2.05, 4.69) is 20.4 Å². The third-order valence-corrected chi connectivity index (χ3v) is 4.86. The Hall–Kier alpha value is -2.84. The van der Waals surface area contributed by atoms with Crippen molar-refractivity contribution in [2.75, 3.05) is 14.2 Å². The van der Waals surface area contributed by atoms with Gasteiger partial charge in [0, 0.05) is 11.3 Å². The van der Waals surface area contributed by atoms with Gasteiger partial charge in [-0.2, -0.15) is 4.80 Å². The number of ether oxygens (including phenoxy) is 2. The van der Waals surface area contributed by atoms with Crippen LogP contribution in [-0.2, 0) is 20.8 Å². The van der Waals surface area contributed by atoms with Gasteiger partial charge in [0.25, 0.3) is 0 Å². The fraction of sp³-hybridized carbons (Fsp3) is 0.556. The summed E-state index contributed by atoms with van der Waals surface area (Å²) in [7, 11) is 2.75. The number of aromatic nitrogens is 5. The zero-order chi connectivity index (χ0) is 19.4. The molecule has 3 rings (SSSR count). The minimum absolute atomic E-state index is 0.00190. The summed E-state index contributed by atoms with van der Waals surface area (Å²) in [5, 5.41) is 12.7. The van der Waals surface area contributed by atoms with Crippen molar-refractivity contribution < 1.29 is 19.1 Å². The average Bonchev–Trinajstić information content (AvgIpc) is 3.15. The van der Waals surface area contributed by atoms with Crippen molar-refractivity contribution in [1.82, 2.24) is 25.2 Å². The van der Waals surface area contributed by atoms with E-state index in [1.807, 2.05) is 0 Å². The van der Waals surface area contributed by atoms with Gasteiger partial charge in [0.1, 0.15) is 5.69 Å². The molecule has 2 aromatic rings. The molecular weight excluding hydrogens is 350 g/mol. The smallest absolute Gasteiger partial charge is 0.356 e. The Bertz CT molecular complexity index is 827. The monoisotopic (exact) mass is 373 g/mol. The molecule has 0 atom stereocenters. The summed E-state index contributed by atoms with van der Waals surface area (Å²) in [6.07, 6.45) is 3.50. The van der Waals surface area contributed by atoms with Crippen molar-refractivity contribution in [2.45, 2.75) is 39.2 Å². The lowest BCUT2D eigenvalue weighted by atomic mass is 9.82. The number of hydrogen-bond donors (Lipinski definition) is 0. The van der Waals surface area contributed by atoms with Crippen LogP contribution in [0.1, 0.15) is 41.9 Å². The molecule has 2 aromatic heterocycles. The van der Waals surface area contributed by atoms with Crippen LogP contribution in [-0.4, -0.2) is 51.3 Å². The Morgan fingerprint density at radius 1 is 1.15 bits per heavy atom. The van der Waals surface area contributed by atoms with Crippen LogP contribution in [0.25, 0.3) is 11.4 Å². The van der Waals surface area contributed by atoms with E-state index < -0.39 is 5.97 Å². The molecule has 1 aliphatic rings. The van der Waals surface area contributed by atoms with Crippen molar-refractivity contribution in [3.05, 3.63) is 23.5 Å². The number of carbonyl (C=O) groups is 2. The Labute approximate surface area is 157 Å². The molecule has 27 heavy (non-hydrogen) atoms. The number of nitrogens with zero attached hydrogens (tertiary/aromatic N) is 5. The van der Waals surface area contributed by atoms with Gasteiger partial charge in [-0.05, 0) is 55.9 Å². The molecule has 0 saturated heterocycles. The minimum atomic E-state index is -0.505. The van der Waals surface area contributed by atoms with Crippen LogP contribution in [0.15, 0.2) is 12.1 Å². The van der Waals surface area contributed by atoms with Crippen LogP contribution in [0.4, 0.5) is 0 Å². The molecule has 0 bridgehead atoms. The van der Waals surface area contributed by atoms with Crippen LogP contribution in [0.5, 0.6) is 0 Å². The zero-order valence-corrected chi connectivity index (χ0v) is 15.7. The fourth-order valence-corrected chi connectivity index (χ4v) is 3.42. The zero-order valence-electron chi connectivity index (χ0n) is 15.7. The Balaban J connectivity index is 1.67. The van der Waals surface area contributed by atoms with E-state index in [0.717, 1.165) is 25.7 Å². The Morgan fingerprint density at radius 3 is 2.56 bits per heavy atom. The molecule has 0 unspecified atom stereocenters. The maximum absolute atomic E-state index is 11.7. The number of tetrazole rings is 1. The van der Waals surface area contributed by atoms with Gasteiger partial charge in [0.2, 0.25) is 5.82 Å². The highest BCUT2D eigenvalue weighted by Gasteiger charge is 2.27. The normalized spacial score (nSPS) is 19.5. The second-order valence-corrected chi connectivity index (χ2v) is 6.78. The summed E-state index contributed by atoms with van der Waals surface area (Å²) in [5.41, 5.74) is 1.55. The molecule has 0 spiro atoms. The highest BCUT2D eigenvalue weighted by atomic mass is 16.5. The third kappa shape index (κ3) is 4.47. The van der Waals surface area contributed by atoms with E-state index in [9.17, 15) is 9.59 Å². The summed E-state index contributed by atoms with van der Waals surface area (Å²) in [4.78, 5) is 29.1. The number of hydrogen-bond acceptors (Lipinski definition) is 8. The summed E-state index contributed by atoms with van der Waals surface area (Å²) in [6, 6.07) is 3.40. The van der Waals surface area contributed by atoms with Crippen molar-refractivity contribution >= 4 is 11.9 Å². The Kier molecular flexibility index (Phi) is 5.78. The lowest BCUT2D eigenvalue weighted by Crippen LogP contribution is -2.25. The maximum Gasteiger partial charge on any atom is 0.356 e. The number of rotatable bonds is 5. The first-order chi connectivity index (χ1) is 13.0. The molecule has 0 aromatic carbocycles. The topological polar surface area (TPSA) is 109 Å². The highest BCUT2D eigenvalue weighted by molar-refractivity contribution is 5.88. The molecule has 0 amide bonds. The molecule has 0 aliphatic heterocycles. The molecule has 1 fully saturated rings. The average molecular weight is 373 g/mol. The molecule has 9 heteroatoms. The van der Waals surface area contributed by atoms with Crippen molar-refractivity contribution in [1.29, 1.82) is 0 Å². The summed E-state index contributed by atoms with van der Waals surface area (Å²) >= 11 is 0. The van der Waals surface area contributed by atoms with Gasteiger partial charge >= 0.3 is 11.9 Å². The van der Waals surface area contributed by atoms with Gasteiger partial charge in [-0.15, -0.1) is 10.2 Å². The molecule has 0 N–H and O–H groups in total. The molecule has 2 heterocycles. The van der Waals surface area contributed by atoms with Crippen molar-refractivity contribution in [3.63, 3.8) is 0 Å². The van der Waals surface area contributed by atoms with Crippen LogP contribution in [0, 0.1) is 18.8 Å². The molecule has 9 nitrogen and oxygen atoms in total. The van der Waals surface area contributed by atoms with Gasteiger partial charge in [0.15, 0.2) is 0 Å². The van der Waals surface area contributed by atoms with Crippen molar-refractivity contribution in [2.24, 2.45) is 11.8 Å². The van der Waals surface area contributed by atoms with Gasteiger partial charge in [-0.3, -0.25) is 4.79 Å². The van der Waals surface area contributed by atoms with Crippen LogP contribution < -0.4 is 0 Å². The van der Waals surface area contributed by atoms with Gasteiger partial charge in [-0.25, -0.2) is 9.78 Å². The van der Waals surface area contributed by atoms with Crippen LogP contribution in [0.3, 0.4) is 0 Å². The van der Waals surface area contributed by atoms with E-state index in [4.69, 9.17) is 9.47 Å². The summed E-state index contributed by atoms with van der Waals surface area (Å²) in [5.74, 6) is 0.215. The van der Waals surface area contributed by atoms with Crippen molar-refractivity contribution in [3.8, 4) is 11.4 Å². The second kappa shape index (κ2) is 8.24. The first-order valence-electron chi connectivity index (χ1n) is 8.93. The predicted molar refractivity (Wildman–Crippen MR) is 94.6 cm³/mol. The summed E-state index contributed by atoms with van der Waals surface area (Å²) < 4.78 is 9.55. The Morgan fingerprint density at radius 2 is 1.89 bits per heavy atom. The molecule has 1 saturated carbocycles. The lowest BCUT2D eigenvalue weighted by Gasteiger charge is -2.26. The molecule has 1 aliphatic carbocycles. The third-order valence-electron chi connectivity index (χ3n) is 4.86. The molecule has 144 valence electrons. The number of methoxy groups -OCH3 is 2. The molecular formula is C18H23N5O4. The van der Waals surface area contributed by atoms with E-state index in [1.165, 1.54) is 14.2 Å². The van der Waals surface area contributed by atoms with E-state index in [-0.39, 0.29) is 17.6 Å². The highest BCUT2D eigenvalue weighted by Crippen LogP contribution is 2.30. The first-order valence-corrected chi connectivity index (χ1v) is 8.93. The number of aryl methyl sites for hydroxylation is 1. The van der Waals surface area contributed by atoms with Gasteiger partial charge in [-0.1, -0.05) is 0 Å². The predicted octanol–water partition coefficient (Wildman–Crippen LogP) is 1.81. The standard InChI is InChI=1S/C18H23N5O4/c1-11-8-14(9-15(19-11)18(25)27-3)16-20-22-23(21-16)10-12-4-6-13(7-5-12)17(24)26-2/h8-9,12-13H,4-7,10H2,1-3H3/t12-,13-. The number of carbonyl (C=O) groups excluding carboxylic acids is 2. The second-order valence-electron chi connectivity index (χ2n) is 6.78. The fourth-order valence-electron chi connectivity index (χ4n) is 3.42. The van der Waals surface area contributed by atoms with E-state index >= 15 is 0 Å². The van der Waals surface area contributed by atoms with Gasteiger partial charge < -0.3 is 9.47 Å². The number of pyridine rings is 1. The summed E-state index contributed by atoms with van der Waals surface area (Å²) in [6.45, 7) is 2.44. The quantitative estimate of drug-likeness (QED) is 0.730. The molecule has 0 radical (unpaired) electrons.